The Morgan fingerprint density at radius 3 is 2.44 bits per heavy atom. The van der Waals surface area contributed by atoms with Gasteiger partial charge in [0, 0.05) is 20.3 Å². The third-order valence-corrected chi connectivity index (χ3v) is 2.09. The van der Waals surface area contributed by atoms with E-state index < -0.39 is 5.97 Å². The molecule has 18 heavy (non-hydrogen) atoms. The van der Waals surface area contributed by atoms with E-state index in [2.05, 4.69) is 0 Å². The topological polar surface area (TPSA) is 38.8 Å². The van der Waals surface area contributed by atoms with Crippen LogP contribution in [0.3, 0.4) is 0 Å². The molecule has 0 aromatic heterocycles. The monoisotopic (exact) mass is 249 g/mol. The van der Waals surface area contributed by atoms with Gasteiger partial charge in [-0.3, -0.25) is 0 Å². The fourth-order valence-corrected chi connectivity index (χ4v) is 1.32. The molecule has 0 bridgehead atoms. The van der Waals surface area contributed by atoms with Crippen molar-refractivity contribution in [2.24, 2.45) is 0 Å². The number of benzene rings is 1. The summed E-state index contributed by atoms with van der Waals surface area (Å²) in [7, 11) is 3.65. The normalized spacial score (nSPS) is 10.9. The maximum atomic E-state index is 11.7. The Morgan fingerprint density at radius 2 is 1.89 bits per heavy atom. The third-order valence-electron chi connectivity index (χ3n) is 2.09. The van der Waals surface area contributed by atoms with E-state index in [9.17, 15) is 4.79 Å². The lowest BCUT2D eigenvalue weighted by Gasteiger charge is -2.12. The zero-order valence-electron chi connectivity index (χ0n) is 11.1. The van der Waals surface area contributed by atoms with Crippen LogP contribution in [0.25, 0.3) is 0 Å². The highest BCUT2D eigenvalue weighted by molar-refractivity contribution is 5.86. The maximum Gasteiger partial charge on any atom is 0.375 e. The minimum atomic E-state index is -0.442. The smallest absolute Gasteiger partial charge is 0.375 e. The summed E-state index contributed by atoms with van der Waals surface area (Å²) in [6.07, 6.45) is 1.61. The van der Waals surface area contributed by atoms with Gasteiger partial charge in [0.1, 0.15) is 6.61 Å². The van der Waals surface area contributed by atoms with E-state index in [4.69, 9.17) is 9.47 Å². The molecule has 0 heterocycles. The molecule has 0 aliphatic heterocycles. The van der Waals surface area contributed by atoms with Crippen molar-refractivity contribution < 1.29 is 14.3 Å². The van der Waals surface area contributed by atoms with Crippen LogP contribution in [-0.4, -0.2) is 31.6 Å². The van der Waals surface area contributed by atoms with Gasteiger partial charge in [0.05, 0.1) is 6.61 Å². The highest BCUT2D eigenvalue weighted by Crippen LogP contribution is 2.08. The lowest BCUT2D eigenvalue weighted by atomic mass is 10.2. The molecule has 1 rings (SSSR count). The van der Waals surface area contributed by atoms with Crippen LogP contribution in [0.4, 0.5) is 0 Å². The molecule has 1 aromatic rings. The van der Waals surface area contributed by atoms with Crippen molar-refractivity contribution in [3.63, 3.8) is 0 Å². The average Bonchev–Trinajstić information content (AvgIpc) is 2.35. The summed E-state index contributed by atoms with van der Waals surface area (Å²) in [6, 6.07) is 9.68. The first kappa shape index (κ1) is 14.1. The number of ether oxygens (including phenoxy) is 2. The van der Waals surface area contributed by atoms with Crippen LogP contribution in [0, 0.1) is 0 Å². The van der Waals surface area contributed by atoms with Crippen LogP contribution in [0.2, 0.25) is 0 Å². The van der Waals surface area contributed by atoms with Gasteiger partial charge in [-0.1, -0.05) is 30.3 Å². The van der Waals surface area contributed by atoms with E-state index in [0.717, 1.165) is 5.56 Å². The van der Waals surface area contributed by atoms with Crippen LogP contribution >= 0.6 is 0 Å². The number of esters is 1. The molecule has 0 radical (unpaired) electrons. The molecule has 0 fully saturated rings. The van der Waals surface area contributed by atoms with Crippen LogP contribution in [0.1, 0.15) is 12.5 Å². The fraction of sp³-hybridized carbons (Fsp3) is 0.357. The standard InChI is InChI=1S/C14H19NO3/c1-4-17-14(16)13(10-15(2)3)18-11-12-8-6-5-7-9-12/h5-10H,4,11H2,1-3H3/b13-10+. The highest BCUT2D eigenvalue weighted by atomic mass is 16.6. The average molecular weight is 249 g/mol. The molecular weight excluding hydrogens is 230 g/mol. The van der Waals surface area contributed by atoms with Crippen molar-refractivity contribution in [1.82, 2.24) is 4.90 Å². The van der Waals surface area contributed by atoms with E-state index in [-0.39, 0.29) is 5.76 Å². The van der Waals surface area contributed by atoms with Gasteiger partial charge in [-0.25, -0.2) is 4.79 Å². The molecule has 4 nitrogen and oxygen atoms in total. The maximum absolute atomic E-state index is 11.7. The van der Waals surface area contributed by atoms with E-state index in [1.807, 2.05) is 44.4 Å². The van der Waals surface area contributed by atoms with Gasteiger partial charge >= 0.3 is 5.97 Å². The number of carbonyl (C=O) groups excluding carboxylic acids is 1. The molecule has 0 unspecified atom stereocenters. The Kier molecular flexibility index (Phi) is 5.77. The first-order chi connectivity index (χ1) is 8.63. The summed E-state index contributed by atoms with van der Waals surface area (Å²) >= 11 is 0. The Morgan fingerprint density at radius 1 is 1.22 bits per heavy atom. The van der Waals surface area contributed by atoms with Crippen LogP contribution < -0.4 is 0 Å². The molecule has 0 spiro atoms. The second kappa shape index (κ2) is 7.37. The molecule has 0 atom stereocenters. The van der Waals surface area contributed by atoms with Crippen LogP contribution in [0.5, 0.6) is 0 Å². The molecule has 98 valence electrons. The van der Waals surface area contributed by atoms with Crippen molar-refractivity contribution in [2.45, 2.75) is 13.5 Å². The van der Waals surface area contributed by atoms with Crippen LogP contribution in [0.15, 0.2) is 42.3 Å². The van der Waals surface area contributed by atoms with Gasteiger partial charge in [-0.2, -0.15) is 0 Å². The third kappa shape index (κ3) is 4.91. The van der Waals surface area contributed by atoms with Crippen molar-refractivity contribution >= 4 is 5.97 Å². The molecule has 0 aliphatic carbocycles. The number of hydrogen-bond acceptors (Lipinski definition) is 4. The van der Waals surface area contributed by atoms with Crippen molar-refractivity contribution in [2.75, 3.05) is 20.7 Å². The highest BCUT2D eigenvalue weighted by Gasteiger charge is 2.12. The summed E-state index contributed by atoms with van der Waals surface area (Å²) in [5, 5.41) is 0. The predicted molar refractivity (Wildman–Crippen MR) is 69.6 cm³/mol. The second-order valence-corrected chi connectivity index (χ2v) is 3.95. The van der Waals surface area contributed by atoms with Gasteiger partial charge in [0.25, 0.3) is 0 Å². The number of rotatable bonds is 6. The minimum absolute atomic E-state index is 0.214. The number of nitrogens with zero attached hydrogens (tertiary/aromatic N) is 1. The Bertz CT molecular complexity index is 399. The zero-order chi connectivity index (χ0) is 13.4. The Balaban J connectivity index is 2.65. The lowest BCUT2D eigenvalue weighted by Crippen LogP contribution is -2.14. The molecular formula is C14H19NO3. The van der Waals surface area contributed by atoms with E-state index in [1.54, 1.807) is 18.0 Å². The first-order valence-electron chi connectivity index (χ1n) is 5.85. The molecule has 0 N–H and O–H groups in total. The molecule has 0 aliphatic rings. The minimum Gasteiger partial charge on any atom is -0.481 e. The van der Waals surface area contributed by atoms with E-state index in [1.165, 1.54) is 0 Å². The molecule has 0 saturated heterocycles. The SMILES string of the molecule is CCOC(=O)/C(=C\N(C)C)OCc1ccccc1. The number of hydrogen-bond donors (Lipinski definition) is 0. The summed E-state index contributed by atoms with van der Waals surface area (Å²) < 4.78 is 10.4. The molecule has 0 amide bonds. The Labute approximate surface area is 108 Å². The number of carbonyl (C=O) groups is 1. The van der Waals surface area contributed by atoms with Crippen LogP contribution in [-0.2, 0) is 20.9 Å². The van der Waals surface area contributed by atoms with Gasteiger partial charge in [-0.15, -0.1) is 0 Å². The summed E-state index contributed by atoms with van der Waals surface area (Å²) in [4.78, 5) is 13.4. The van der Waals surface area contributed by atoms with Crippen molar-refractivity contribution in [3.05, 3.63) is 47.9 Å². The molecule has 0 saturated carbocycles. The van der Waals surface area contributed by atoms with Crippen molar-refractivity contribution in [3.8, 4) is 0 Å². The fourth-order valence-electron chi connectivity index (χ4n) is 1.32. The summed E-state index contributed by atoms with van der Waals surface area (Å²) in [6.45, 7) is 2.44. The predicted octanol–water partition coefficient (Wildman–Crippen LogP) is 2.17. The van der Waals surface area contributed by atoms with E-state index >= 15 is 0 Å². The van der Waals surface area contributed by atoms with Gasteiger partial charge in [0.2, 0.25) is 5.76 Å². The zero-order valence-corrected chi connectivity index (χ0v) is 11.1. The van der Waals surface area contributed by atoms with E-state index in [0.29, 0.717) is 13.2 Å². The second-order valence-electron chi connectivity index (χ2n) is 3.95. The summed E-state index contributed by atoms with van der Waals surface area (Å²) in [5.41, 5.74) is 1.01. The molecule has 1 aromatic carbocycles. The van der Waals surface area contributed by atoms with Gasteiger partial charge < -0.3 is 14.4 Å². The first-order valence-corrected chi connectivity index (χ1v) is 5.85. The largest absolute Gasteiger partial charge is 0.481 e. The van der Waals surface area contributed by atoms with Crippen molar-refractivity contribution in [1.29, 1.82) is 0 Å². The quantitative estimate of drug-likeness (QED) is 0.440. The molecule has 4 heteroatoms. The van der Waals surface area contributed by atoms with Gasteiger partial charge in [-0.05, 0) is 12.5 Å². The summed E-state index contributed by atoms with van der Waals surface area (Å²) in [5.74, 6) is -0.229. The Hall–Kier alpha value is -1.97. The van der Waals surface area contributed by atoms with Gasteiger partial charge in [0.15, 0.2) is 0 Å². The lowest BCUT2D eigenvalue weighted by molar-refractivity contribution is -0.143.